The number of carbonyl (C=O) groups is 2. The molecule has 0 aromatic rings. The maximum atomic E-state index is 12.7. The molecule has 0 amide bonds. The van der Waals surface area contributed by atoms with E-state index in [9.17, 15) is 9.59 Å². The Morgan fingerprint density at radius 3 is 2.02 bits per heavy atom. The molecule has 2 rings (SSSR count). The lowest BCUT2D eigenvalue weighted by atomic mass is 9.78. The zero-order valence-corrected chi connectivity index (χ0v) is 28.2. The van der Waals surface area contributed by atoms with Crippen molar-refractivity contribution in [2.75, 3.05) is 0 Å². The minimum Gasteiger partial charge on any atom is -0.457 e. The van der Waals surface area contributed by atoms with Crippen LogP contribution in [0.2, 0.25) is 0 Å². The Balaban J connectivity index is 0.000000411. The van der Waals surface area contributed by atoms with Crippen LogP contribution >= 0.6 is 0 Å². The summed E-state index contributed by atoms with van der Waals surface area (Å²) in [4.78, 5) is 44.9. The van der Waals surface area contributed by atoms with Gasteiger partial charge in [0.15, 0.2) is 0 Å². The van der Waals surface area contributed by atoms with Crippen molar-refractivity contribution in [1.82, 2.24) is 0 Å². The lowest BCUT2D eigenvalue weighted by Crippen LogP contribution is -2.63. The van der Waals surface area contributed by atoms with E-state index in [2.05, 4.69) is 34.6 Å². The fourth-order valence-corrected chi connectivity index (χ4v) is 6.04. The van der Waals surface area contributed by atoms with Gasteiger partial charge in [-0.3, -0.25) is 4.89 Å². The van der Waals surface area contributed by atoms with Crippen LogP contribution in [0.5, 0.6) is 0 Å². The largest absolute Gasteiger partial charge is 0.457 e. The summed E-state index contributed by atoms with van der Waals surface area (Å²) in [7, 11) is 0. The van der Waals surface area contributed by atoms with E-state index >= 15 is 0 Å². The Bertz CT molecular complexity index is 762. The van der Waals surface area contributed by atoms with Crippen LogP contribution in [0, 0.1) is 17.3 Å². The summed E-state index contributed by atoms with van der Waals surface area (Å²) in [6, 6.07) is 0. The fraction of sp³-hybridized carbons (Fsp3) is 0.939. The summed E-state index contributed by atoms with van der Waals surface area (Å²) in [5.41, 5.74) is -1.69. The van der Waals surface area contributed by atoms with Crippen LogP contribution in [0.1, 0.15) is 160 Å². The number of rotatable bonds is 15. The Labute approximate surface area is 250 Å². The number of hydrogen-bond acceptors (Lipinski definition) is 8. The molecule has 1 saturated carbocycles. The zero-order chi connectivity index (χ0) is 31.3. The summed E-state index contributed by atoms with van der Waals surface area (Å²) in [5.74, 6) is -0.239. The zero-order valence-electron chi connectivity index (χ0n) is 28.2. The Morgan fingerprint density at radius 2 is 1.56 bits per heavy atom. The highest BCUT2D eigenvalue weighted by molar-refractivity contribution is 5.81. The third-order valence-electron chi connectivity index (χ3n) is 8.26. The monoisotopic (exact) mass is 586 g/mol. The topological polar surface area (TPSA) is 89.5 Å². The highest BCUT2D eigenvalue weighted by Crippen LogP contribution is 2.41. The van der Waals surface area contributed by atoms with Gasteiger partial charge in [-0.15, -0.1) is 0 Å². The molecule has 0 spiro atoms. The molecular formula is C33H62O8. The van der Waals surface area contributed by atoms with Gasteiger partial charge >= 0.3 is 11.9 Å². The van der Waals surface area contributed by atoms with Gasteiger partial charge in [-0.25, -0.2) is 19.4 Å². The van der Waals surface area contributed by atoms with Gasteiger partial charge in [-0.2, -0.15) is 4.89 Å². The van der Waals surface area contributed by atoms with Gasteiger partial charge in [0.05, 0.1) is 5.92 Å². The maximum Gasteiger partial charge on any atom is 0.348 e. The Kier molecular flexibility index (Phi) is 15.8. The molecule has 0 bridgehead atoms. The first-order valence-electron chi connectivity index (χ1n) is 16.2. The molecular weight excluding hydrogens is 524 g/mol. The fourth-order valence-electron chi connectivity index (χ4n) is 6.04. The van der Waals surface area contributed by atoms with Crippen molar-refractivity contribution in [1.29, 1.82) is 0 Å². The first-order chi connectivity index (χ1) is 19.1. The van der Waals surface area contributed by atoms with E-state index in [1.165, 1.54) is 19.3 Å². The van der Waals surface area contributed by atoms with E-state index in [1.54, 1.807) is 0 Å². The second-order valence-corrected chi connectivity index (χ2v) is 14.3. The predicted octanol–water partition coefficient (Wildman–Crippen LogP) is 8.99. The van der Waals surface area contributed by atoms with Crippen molar-refractivity contribution in [2.45, 2.75) is 183 Å². The van der Waals surface area contributed by atoms with Crippen LogP contribution < -0.4 is 0 Å². The van der Waals surface area contributed by atoms with E-state index in [0.717, 1.165) is 57.8 Å². The van der Waals surface area contributed by atoms with E-state index in [0.29, 0.717) is 12.3 Å². The highest BCUT2D eigenvalue weighted by atomic mass is 17.5. The molecule has 8 nitrogen and oxygen atoms in total. The molecule has 8 heteroatoms. The minimum atomic E-state index is -0.887. The third-order valence-corrected chi connectivity index (χ3v) is 8.26. The van der Waals surface area contributed by atoms with E-state index < -0.39 is 16.8 Å². The van der Waals surface area contributed by atoms with Crippen molar-refractivity contribution in [2.24, 2.45) is 17.3 Å². The van der Waals surface area contributed by atoms with Gasteiger partial charge in [-0.05, 0) is 89.0 Å². The van der Waals surface area contributed by atoms with E-state index in [4.69, 9.17) is 29.3 Å². The molecule has 1 aliphatic carbocycles. The maximum absolute atomic E-state index is 12.7. The summed E-state index contributed by atoms with van der Waals surface area (Å²) in [6.07, 6.45) is 12.8. The van der Waals surface area contributed by atoms with Crippen LogP contribution in [0.3, 0.4) is 0 Å². The molecule has 0 radical (unpaired) electrons. The molecule has 2 fully saturated rings. The first kappa shape index (κ1) is 37.8. The average Bonchev–Trinajstić information content (AvgIpc) is 2.87. The normalized spacial score (nSPS) is 22.7. The number of ether oxygens (including phenoxy) is 1. The minimum absolute atomic E-state index is 0.107. The molecule has 1 heterocycles. The standard InChI is InChI=1S/C17H30O4.C16H32O4/c1-5-10-14-17(6-2,21-20-14)15(18)19-16(3,4)13-11-8-7-9-12-13;1-8-10-11-13(9-2)14(17)18-20-19-16(6,7)12-15(3,4)5/h13-14H,5-12H2,1-4H3;13H,8-12H2,1-7H3. The van der Waals surface area contributed by atoms with Crippen molar-refractivity contribution in [3.63, 3.8) is 0 Å². The highest BCUT2D eigenvalue weighted by Gasteiger charge is 2.58. The first-order valence-corrected chi connectivity index (χ1v) is 16.2. The lowest BCUT2D eigenvalue weighted by Gasteiger charge is -2.46. The van der Waals surface area contributed by atoms with Crippen LogP contribution in [-0.2, 0) is 38.9 Å². The molecule has 1 saturated heterocycles. The molecule has 0 N–H and O–H groups in total. The van der Waals surface area contributed by atoms with Gasteiger partial charge in [-0.1, -0.05) is 87.0 Å². The summed E-state index contributed by atoms with van der Waals surface area (Å²) >= 11 is 0. The van der Waals surface area contributed by atoms with Gasteiger partial charge in [0.2, 0.25) is 5.60 Å². The quantitative estimate of drug-likeness (QED) is 0.107. The van der Waals surface area contributed by atoms with Crippen LogP contribution in [0.15, 0.2) is 0 Å². The van der Waals surface area contributed by atoms with Crippen molar-refractivity contribution < 1.29 is 38.9 Å². The van der Waals surface area contributed by atoms with Crippen molar-refractivity contribution in [3.8, 4) is 0 Å². The van der Waals surface area contributed by atoms with Gasteiger partial charge in [0.1, 0.15) is 17.3 Å². The number of esters is 1. The molecule has 41 heavy (non-hydrogen) atoms. The van der Waals surface area contributed by atoms with Gasteiger partial charge in [0, 0.05) is 0 Å². The molecule has 0 aromatic carbocycles. The summed E-state index contributed by atoms with van der Waals surface area (Å²) in [5, 5.41) is 4.72. The van der Waals surface area contributed by atoms with Gasteiger partial charge in [0.25, 0.3) is 0 Å². The molecule has 1 aliphatic heterocycles. The van der Waals surface area contributed by atoms with Crippen LogP contribution in [-0.4, -0.2) is 34.8 Å². The molecule has 3 unspecified atom stereocenters. The van der Waals surface area contributed by atoms with E-state index in [1.807, 2.05) is 41.5 Å². The second-order valence-electron chi connectivity index (χ2n) is 14.3. The summed E-state index contributed by atoms with van der Waals surface area (Å²) in [6.45, 7) is 22.4. The smallest absolute Gasteiger partial charge is 0.348 e. The van der Waals surface area contributed by atoms with Gasteiger partial charge < -0.3 is 4.74 Å². The number of carbonyl (C=O) groups excluding carboxylic acids is 2. The van der Waals surface area contributed by atoms with Crippen molar-refractivity contribution in [3.05, 3.63) is 0 Å². The lowest BCUT2D eigenvalue weighted by molar-refractivity contribution is -0.519. The summed E-state index contributed by atoms with van der Waals surface area (Å²) < 4.78 is 5.91. The predicted molar refractivity (Wildman–Crippen MR) is 160 cm³/mol. The molecule has 242 valence electrons. The van der Waals surface area contributed by atoms with Crippen molar-refractivity contribution >= 4 is 11.9 Å². The molecule has 0 aromatic heterocycles. The number of unbranched alkanes of at least 4 members (excludes halogenated alkanes) is 1. The van der Waals surface area contributed by atoms with Crippen LogP contribution in [0.25, 0.3) is 0 Å². The average molecular weight is 587 g/mol. The molecule has 2 aliphatic rings. The van der Waals surface area contributed by atoms with E-state index in [-0.39, 0.29) is 29.4 Å². The molecule has 3 atom stereocenters. The Morgan fingerprint density at radius 1 is 0.927 bits per heavy atom. The second kappa shape index (κ2) is 17.2. The third kappa shape index (κ3) is 12.5. The number of hydrogen-bond donors (Lipinski definition) is 0. The Hall–Kier alpha value is -1.22. The van der Waals surface area contributed by atoms with Crippen LogP contribution in [0.4, 0.5) is 0 Å². The SMILES string of the molecule is CCCC1OOC1(CC)C(=O)OC(C)(C)C1CCCCC1.CCCCC(CC)C(=O)OOOC(C)(C)CC(C)(C)C.